The summed E-state index contributed by atoms with van der Waals surface area (Å²) in [6.07, 6.45) is 6.77. The summed E-state index contributed by atoms with van der Waals surface area (Å²) in [7, 11) is 0. The molecule has 190 valence electrons. The number of halogens is 2. The van der Waals surface area contributed by atoms with E-state index in [1.54, 1.807) is 6.07 Å². The van der Waals surface area contributed by atoms with E-state index in [0.29, 0.717) is 33.8 Å². The third-order valence-corrected chi connectivity index (χ3v) is 8.55. The number of aromatic amines is 1. The number of likely N-dealkylation sites (tertiary alicyclic amines) is 2. The largest absolute Gasteiger partial charge is 0.371 e. The molecule has 1 N–H and O–H groups in total. The van der Waals surface area contributed by atoms with Crippen molar-refractivity contribution in [2.24, 2.45) is 5.92 Å². The van der Waals surface area contributed by atoms with Crippen molar-refractivity contribution in [1.29, 1.82) is 0 Å². The molecular weight excluding hydrogens is 477 g/mol. The van der Waals surface area contributed by atoms with Crippen LogP contribution in [0.4, 0.5) is 10.1 Å². The molecule has 0 radical (unpaired) electrons. The van der Waals surface area contributed by atoms with E-state index < -0.39 is 0 Å². The van der Waals surface area contributed by atoms with Gasteiger partial charge in [0.1, 0.15) is 11.6 Å². The maximum atomic E-state index is 13.6. The summed E-state index contributed by atoms with van der Waals surface area (Å²) in [5, 5.41) is 0.587. The van der Waals surface area contributed by atoms with Crippen LogP contribution in [0.15, 0.2) is 36.4 Å². The molecule has 0 unspecified atom stereocenters. The van der Waals surface area contributed by atoms with Crippen LogP contribution in [0.3, 0.4) is 0 Å². The number of piperidine rings is 2. The predicted molar refractivity (Wildman–Crippen MR) is 142 cm³/mol. The summed E-state index contributed by atoms with van der Waals surface area (Å²) >= 11 is 6.55. The molecule has 2 aromatic carbocycles. The fraction of sp³-hybridized carbons (Fsp3) is 0.500. The van der Waals surface area contributed by atoms with Gasteiger partial charge in [0, 0.05) is 43.5 Å². The van der Waals surface area contributed by atoms with Crippen LogP contribution < -0.4 is 4.90 Å². The molecule has 3 aromatic rings. The smallest absolute Gasteiger partial charge is 0.227 e. The third-order valence-electron chi connectivity index (χ3n) is 8.22. The fourth-order valence-corrected chi connectivity index (χ4v) is 6.44. The van der Waals surface area contributed by atoms with Gasteiger partial charge in [-0.3, -0.25) is 4.79 Å². The van der Waals surface area contributed by atoms with Gasteiger partial charge in [0.15, 0.2) is 0 Å². The van der Waals surface area contributed by atoms with Crippen molar-refractivity contribution in [1.82, 2.24) is 19.8 Å². The zero-order valence-electron chi connectivity index (χ0n) is 20.6. The van der Waals surface area contributed by atoms with Crippen LogP contribution in [-0.4, -0.2) is 71.0 Å². The van der Waals surface area contributed by atoms with E-state index in [1.807, 2.05) is 18.2 Å². The molecule has 3 saturated heterocycles. The minimum Gasteiger partial charge on any atom is -0.371 e. The summed E-state index contributed by atoms with van der Waals surface area (Å²) < 4.78 is 13.6. The molecule has 3 aliphatic rings. The predicted octanol–water partition coefficient (Wildman–Crippen LogP) is 5.33. The molecule has 3 aliphatic heterocycles. The molecule has 6 nitrogen and oxygen atoms in total. The van der Waals surface area contributed by atoms with Crippen molar-refractivity contribution in [3.63, 3.8) is 0 Å². The molecule has 0 bridgehead atoms. The third kappa shape index (κ3) is 4.71. The number of hydrogen-bond donors (Lipinski definition) is 1. The molecule has 1 atom stereocenters. The number of hydrogen-bond acceptors (Lipinski definition) is 4. The molecule has 0 saturated carbocycles. The molecule has 0 spiro atoms. The van der Waals surface area contributed by atoms with Crippen LogP contribution in [0, 0.1) is 11.7 Å². The molecule has 1 amide bonds. The fourth-order valence-electron chi connectivity index (χ4n) is 6.23. The Bertz CT molecular complexity index is 1250. The highest BCUT2D eigenvalue weighted by Gasteiger charge is 2.33. The number of benzene rings is 2. The molecule has 36 heavy (non-hydrogen) atoms. The summed E-state index contributed by atoms with van der Waals surface area (Å²) in [6, 6.07) is 11.1. The second-order valence-electron chi connectivity index (χ2n) is 10.5. The van der Waals surface area contributed by atoms with E-state index in [0.717, 1.165) is 63.1 Å². The van der Waals surface area contributed by atoms with Crippen molar-refractivity contribution in [3.05, 3.63) is 47.2 Å². The lowest BCUT2D eigenvalue weighted by molar-refractivity contribution is -0.137. The molecule has 3 fully saturated rings. The molecule has 0 aliphatic carbocycles. The van der Waals surface area contributed by atoms with Crippen molar-refractivity contribution < 1.29 is 9.18 Å². The van der Waals surface area contributed by atoms with Gasteiger partial charge in [-0.1, -0.05) is 11.6 Å². The highest BCUT2D eigenvalue weighted by molar-refractivity contribution is 6.33. The van der Waals surface area contributed by atoms with Gasteiger partial charge in [0.25, 0.3) is 0 Å². The maximum Gasteiger partial charge on any atom is 0.227 e. The van der Waals surface area contributed by atoms with Gasteiger partial charge in [-0.15, -0.1) is 0 Å². The van der Waals surface area contributed by atoms with Gasteiger partial charge in [0.05, 0.1) is 22.0 Å². The van der Waals surface area contributed by atoms with Crippen molar-refractivity contribution in [2.45, 2.75) is 44.6 Å². The second-order valence-corrected chi connectivity index (χ2v) is 10.9. The maximum absolute atomic E-state index is 13.6. The number of anilines is 1. The number of H-pyrrole nitrogens is 1. The zero-order chi connectivity index (χ0) is 24.6. The first-order valence-corrected chi connectivity index (χ1v) is 13.7. The number of aromatic nitrogens is 2. The minimum absolute atomic E-state index is 0.0235. The first kappa shape index (κ1) is 23.7. The normalized spacial score (nSPS) is 22.0. The monoisotopic (exact) mass is 509 g/mol. The molecule has 4 heterocycles. The molecule has 8 heteroatoms. The Kier molecular flexibility index (Phi) is 6.61. The number of fused-ring (bicyclic) bond motifs is 1. The highest BCUT2D eigenvalue weighted by Crippen LogP contribution is 2.34. The summed E-state index contributed by atoms with van der Waals surface area (Å²) in [5.41, 5.74) is 3.16. The van der Waals surface area contributed by atoms with Crippen molar-refractivity contribution in [3.8, 4) is 11.4 Å². The lowest BCUT2D eigenvalue weighted by Gasteiger charge is -2.40. The Morgan fingerprint density at radius 3 is 2.58 bits per heavy atom. The van der Waals surface area contributed by atoms with E-state index in [4.69, 9.17) is 11.6 Å². The first-order valence-electron chi connectivity index (χ1n) is 13.3. The van der Waals surface area contributed by atoms with Crippen LogP contribution in [0.25, 0.3) is 22.4 Å². The van der Waals surface area contributed by atoms with Gasteiger partial charge in [-0.05, 0) is 88.0 Å². The average molecular weight is 510 g/mol. The lowest BCUT2D eigenvalue weighted by Crippen LogP contribution is -2.50. The number of amides is 1. The second kappa shape index (κ2) is 10.0. The van der Waals surface area contributed by atoms with E-state index in [2.05, 4.69) is 24.7 Å². The van der Waals surface area contributed by atoms with Crippen molar-refractivity contribution >= 4 is 34.2 Å². The standard InChI is InChI=1S/C28H33ClFN5O/c29-24-7-6-22(17-23(24)27-31-25-8-5-20(30)16-26(25)32-27)35-13-3-4-19(18-35)28(36)34-14-9-21(10-15-34)33-11-1-2-12-33/h5-8,16-17,19,21H,1-4,9-15,18H2,(H,31,32)/t19-/m1/s1. The van der Waals surface area contributed by atoms with Gasteiger partial charge in [-0.2, -0.15) is 0 Å². The topological polar surface area (TPSA) is 55.5 Å². The first-order chi connectivity index (χ1) is 17.5. The zero-order valence-corrected chi connectivity index (χ0v) is 21.3. The summed E-state index contributed by atoms with van der Waals surface area (Å²) in [5.74, 6) is 0.651. The van der Waals surface area contributed by atoms with Gasteiger partial charge in [0.2, 0.25) is 5.91 Å². The SMILES string of the molecule is O=C([C@@H]1CCCN(c2ccc(Cl)c(-c3nc4ccc(F)cc4[nH]3)c2)C1)N1CCC(N2CCCC2)CC1. The van der Waals surface area contributed by atoms with Gasteiger partial charge >= 0.3 is 0 Å². The number of imidazole rings is 1. The lowest BCUT2D eigenvalue weighted by atomic mass is 9.94. The highest BCUT2D eigenvalue weighted by atomic mass is 35.5. The number of nitrogens with zero attached hydrogens (tertiary/aromatic N) is 4. The van der Waals surface area contributed by atoms with E-state index in [9.17, 15) is 9.18 Å². The molecular formula is C28H33ClFN5O. The number of carbonyl (C=O) groups is 1. The number of nitrogens with one attached hydrogen (secondary N) is 1. The quantitative estimate of drug-likeness (QED) is 0.517. The van der Waals surface area contributed by atoms with E-state index in [1.165, 1.54) is 38.1 Å². The number of rotatable bonds is 4. The van der Waals surface area contributed by atoms with Gasteiger partial charge < -0.3 is 19.7 Å². The summed E-state index contributed by atoms with van der Waals surface area (Å²) in [4.78, 5) is 28.3. The van der Waals surface area contributed by atoms with E-state index in [-0.39, 0.29) is 11.7 Å². The van der Waals surface area contributed by atoms with E-state index >= 15 is 0 Å². The molecule has 1 aromatic heterocycles. The van der Waals surface area contributed by atoms with Crippen LogP contribution >= 0.6 is 11.6 Å². The molecule has 6 rings (SSSR count). The Balaban J connectivity index is 1.15. The average Bonchev–Trinajstić information content (AvgIpc) is 3.59. The van der Waals surface area contributed by atoms with Crippen molar-refractivity contribution in [2.75, 3.05) is 44.2 Å². The summed E-state index contributed by atoms with van der Waals surface area (Å²) in [6.45, 7) is 5.85. The van der Waals surface area contributed by atoms with Crippen LogP contribution in [0.2, 0.25) is 5.02 Å². The van der Waals surface area contributed by atoms with Gasteiger partial charge in [-0.25, -0.2) is 9.37 Å². The number of carbonyl (C=O) groups excluding carboxylic acids is 1. The Labute approximate surface area is 216 Å². The Morgan fingerprint density at radius 1 is 0.972 bits per heavy atom. The minimum atomic E-state index is -0.304. The van der Waals surface area contributed by atoms with Crippen LogP contribution in [0.1, 0.15) is 38.5 Å². The van der Waals surface area contributed by atoms with Crippen LogP contribution in [-0.2, 0) is 4.79 Å². The van der Waals surface area contributed by atoms with Crippen LogP contribution in [0.5, 0.6) is 0 Å². The Morgan fingerprint density at radius 2 is 1.78 bits per heavy atom. The Hall–Kier alpha value is -2.64.